The van der Waals surface area contributed by atoms with Gasteiger partial charge in [0.25, 0.3) is 0 Å². The maximum Gasteiger partial charge on any atom is 2.00 e. The molecule has 0 fully saturated rings. The van der Waals surface area contributed by atoms with Gasteiger partial charge in [-0.25, -0.2) is 4.98 Å². The SMILES string of the molecule is CN1CCN=C1c1cccc(N(c2[c-]c(-n3[c-]ccc3)ccc2)c2ccccc2)n1.[Pt+2]. The third kappa shape index (κ3) is 4.33. The molecular weight excluding hydrogens is 565 g/mol. The Bertz CT molecular complexity index is 1170. The summed E-state index contributed by atoms with van der Waals surface area (Å²) in [7, 11) is 2.06. The molecule has 156 valence electrons. The molecule has 0 bridgehead atoms. The molecule has 0 saturated carbocycles. The Balaban J connectivity index is 0.00000231. The van der Waals surface area contributed by atoms with E-state index in [2.05, 4.69) is 46.2 Å². The number of aliphatic imine (C=N–C) groups is 1. The first kappa shape index (κ1) is 21.1. The van der Waals surface area contributed by atoms with Crippen molar-refractivity contribution in [3.63, 3.8) is 0 Å². The Morgan fingerprint density at radius 1 is 0.935 bits per heavy atom. The van der Waals surface area contributed by atoms with Gasteiger partial charge in [0.1, 0.15) is 17.3 Å². The maximum atomic E-state index is 4.97. The normalized spacial score (nSPS) is 12.9. The van der Waals surface area contributed by atoms with Crippen LogP contribution in [0.2, 0.25) is 0 Å². The van der Waals surface area contributed by atoms with E-state index >= 15 is 0 Å². The molecule has 2 aromatic carbocycles. The monoisotopic (exact) mass is 586 g/mol. The summed E-state index contributed by atoms with van der Waals surface area (Å²) in [5, 5.41) is 0. The molecule has 5 nitrogen and oxygen atoms in total. The minimum atomic E-state index is 0. The van der Waals surface area contributed by atoms with E-state index in [1.165, 1.54) is 0 Å². The topological polar surface area (TPSA) is 36.7 Å². The minimum Gasteiger partial charge on any atom is -0.471 e. The van der Waals surface area contributed by atoms with Gasteiger partial charge in [0, 0.05) is 19.3 Å². The van der Waals surface area contributed by atoms with Crippen LogP contribution >= 0.6 is 0 Å². The van der Waals surface area contributed by atoms with Crippen LogP contribution in [0.1, 0.15) is 5.69 Å². The number of likely N-dealkylation sites (N-methyl/N-ethyl adjacent to an activating group) is 1. The molecule has 4 aromatic rings. The smallest absolute Gasteiger partial charge is 0.471 e. The van der Waals surface area contributed by atoms with Crippen molar-refractivity contribution in [1.82, 2.24) is 14.5 Å². The maximum absolute atomic E-state index is 4.97. The van der Waals surface area contributed by atoms with Gasteiger partial charge >= 0.3 is 21.1 Å². The number of pyridine rings is 1. The summed E-state index contributed by atoms with van der Waals surface area (Å²) in [6, 6.07) is 29.8. The van der Waals surface area contributed by atoms with Crippen molar-refractivity contribution in [2.24, 2.45) is 4.99 Å². The summed E-state index contributed by atoms with van der Waals surface area (Å²) < 4.78 is 1.93. The number of hydrogen-bond acceptors (Lipinski definition) is 4. The summed E-state index contributed by atoms with van der Waals surface area (Å²) >= 11 is 0. The zero-order valence-electron chi connectivity index (χ0n) is 17.0. The first-order valence-corrected chi connectivity index (χ1v) is 9.95. The number of hydrogen-bond donors (Lipinski definition) is 0. The molecule has 0 aliphatic carbocycles. The van der Waals surface area contributed by atoms with E-state index in [9.17, 15) is 0 Å². The van der Waals surface area contributed by atoms with Crippen LogP contribution in [0.15, 0.2) is 90.1 Å². The van der Waals surface area contributed by atoms with Crippen molar-refractivity contribution in [2.75, 3.05) is 25.0 Å². The number of amidine groups is 1. The second-order valence-corrected chi connectivity index (χ2v) is 7.11. The van der Waals surface area contributed by atoms with Gasteiger partial charge < -0.3 is 14.4 Å². The first-order chi connectivity index (χ1) is 14.8. The van der Waals surface area contributed by atoms with Crippen molar-refractivity contribution in [1.29, 1.82) is 0 Å². The zero-order chi connectivity index (χ0) is 20.3. The van der Waals surface area contributed by atoms with E-state index in [4.69, 9.17) is 4.98 Å². The van der Waals surface area contributed by atoms with E-state index in [0.29, 0.717) is 0 Å². The number of nitrogens with zero attached hydrogens (tertiary/aromatic N) is 5. The van der Waals surface area contributed by atoms with Crippen LogP contribution in [0.5, 0.6) is 0 Å². The van der Waals surface area contributed by atoms with Crippen LogP contribution in [0.3, 0.4) is 0 Å². The van der Waals surface area contributed by atoms with Crippen LogP contribution in [-0.2, 0) is 21.1 Å². The standard InChI is InChI=1S/C25H21N5.Pt/c1-28-18-15-26-25(28)23-13-8-14-24(27-23)30(20-9-3-2-4-10-20)22-12-7-11-21(19-22)29-16-5-6-17-29;/h2-14,16H,15,18H2,1H3;/q-2;+2. The van der Waals surface area contributed by atoms with Gasteiger partial charge in [-0.3, -0.25) is 4.99 Å². The number of anilines is 3. The third-order valence-corrected chi connectivity index (χ3v) is 5.08. The molecule has 3 heterocycles. The van der Waals surface area contributed by atoms with Crippen molar-refractivity contribution in [3.05, 3.63) is 103 Å². The summed E-state index contributed by atoms with van der Waals surface area (Å²) in [5.74, 6) is 1.76. The molecule has 1 aliphatic rings. The van der Waals surface area contributed by atoms with E-state index in [1.54, 1.807) is 0 Å². The fourth-order valence-corrected chi connectivity index (χ4v) is 3.61. The second kappa shape index (κ2) is 9.32. The van der Waals surface area contributed by atoms with Crippen molar-refractivity contribution in [3.8, 4) is 5.69 Å². The van der Waals surface area contributed by atoms with Crippen molar-refractivity contribution in [2.45, 2.75) is 0 Å². The van der Waals surface area contributed by atoms with Gasteiger partial charge in [0.05, 0.1) is 6.54 Å². The van der Waals surface area contributed by atoms with Gasteiger partial charge in [0.2, 0.25) is 0 Å². The van der Waals surface area contributed by atoms with Crippen LogP contribution in [0, 0.1) is 12.3 Å². The molecule has 0 saturated heterocycles. The number of aromatic nitrogens is 2. The van der Waals surface area contributed by atoms with Crippen LogP contribution in [0.25, 0.3) is 5.69 Å². The van der Waals surface area contributed by atoms with E-state index < -0.39 is 0 Å². The molecule has 6 heteroatoms. The summed E-state index contributed by atoms with van der Waals surface area (Å²) in [6.45, 7) is 1.73. The molecule has 0 spiro atoms. The Labute approximate surface area is 196 Å². The van der Waals surface area contributed by atoms with E-state index in [1.807, 2.05) is 77.5 Å². The average Bonchev–Trinajstić information content (AvgIpc) is 3.47. The summed E-state index contributed by atoms with van der Waals surface area (Å²) in [5.41, 5.74) is 3.73. The largest absolute Gasteiger partial charge is 2.00 e. The zero-order valence-corrected chi connectivity index (χ0v) is 19.3. The van der Waals surface area contributed by atoms with E-state index in [0.717, 1.165) is 47.5 Å². The molecule has 0 N–H and O–H groups in total. The molecule has 0 amide bonds. The molecular formula is C25H21N5Pt. The van der Waals surface area contributed by atoms with Gasteiger partial charge in [-0.2, -0.15) is 30.0 Å². The Morgan fingerprint density at radius 2 is 1.77 bits per heavy atom. The Kier molecular flexibility index (Phi) is 6.33. The van der Waals surface area contributed by atoms with Gasteiger partial charge in [-0.1, -0.05) is 36.1 Å². The molecule has 1 aliphatic heterocycles. The van der Waals surface area contributed by atoms with Gasteiger partial charge in [-0.15, -0.1) is 18.3 Å². The number of rotatable bonds is 5. The Hall–Kier alpha value is -3.17. The van der Waals surface area contributed by atoms with Crippen LogP contribution < -0.4 is 4.90 Å². The predicted molar refractivity (Wildman–Crippen MR) is 120 cm³/mol. The summed E-state index contributed by atoms with van der Waals surface area (Å²) in [6.07, 6.45) is 5.15. The quantitative estimate of drug-likeness (QED) is 0.320. The van der Waals surface area contributed by atoms with Crippen LogP contribution in [0.4, 0.5) is 17.2 Å². The molecule has 5 rings (SSSR count). The first-order valence-electron chi connectivity index (χ1n) is 9.95. The molecule has 31 heavy (non-hydrogen) atoms. The summed E-state index contributed by atoms with van der Waals surface area (Å²) in [4.78, 5) is 13.9. The molecule has 0 radical (unpaired) electrons. The fourth-order valence-electron chi connectivity index (χ4n) is 3.61. The fraction of sp³-hybridized carbons (Fsp3) is 0.120. The van der Waals surface area contributed by atoms with Crippen LogP contribution in [-0.4, -0.2) is 40.4 Å². The minimum absolute atomic E-state index is 0. The third-order valence-electron chi connectivity index (χ3n) is 5.08. The Morgan fingerprint density at radius 3 is 2.52 bits per heavy atom. The van der Waals surface area contributed by atoms with Gasteiger partial charge in [0.15, 0.2) is 0 Å². The molecule has 0 atom stereocenters. The van der Waals surface area contributed by atoms with Crippen molar-refractivity contribution >= 4 is 23.0 Å². The van der Waals surface area contributed by atoms with E-state index in [-0.39, 0.29) is 21.1 Å². The molecule has 0 unspecified atom stereocenters. The number of para-hydroxylation sites is 1. The van der Waals surface area contributed by atoms with Crippen molar-refractivity contribution < 1.29 is 21.1 Å². The number of benzene rings is 2. The predicted octanol–water partition coefficient (Wildman–Crippen LogP) is 4.63. The average molecular weight is 587 g/mol. The van der Waals surface area contributed by atoms with Gasteiger partial charge in [-0.05, 0) is 24.3 Å². The second-order valence-electron chi connectivity index (χ2n) is 7.11. The molecule has 2 aromatic heterocycles.